The van der Waals surface area contributed by atoms with Crippen LogP contribution in [0, 0.1) is 11.7 Å². The average Bonchev–Trinajstić information content (AvgIpc) is 3.16. The predicted octanol–water partition coefficient (Wildman–Crippen LogP) is 3.52. The van der Waals surface area contributed by atoms with E-state index >= 15 is 0 Å². The molecule has 154 valence electrons. The van der Waals surface area contributed by atoms with Gasteiger partial charge in [-0.15, -0.1) is 11.3 Å². The van der Waals surface area contributed by atoms with Gasteiger partial charge in [0.2, 0.25) is 0 Å². The second-order valence-corrected chi connectivity index (χ2v) is 8.96. The lowest BCUT2D eigenvalue weighted by Gasteiger charge is -2.36. The summed E-state index contributed by atoms with van der Waals surface area (Å²) in [6, 6.07) is 8.31. The molecule has 2 aliphatic rings. The highest BCUT2D eigenvalue weighted by molar-refractivity contribution is 7.14. The molecule has 5 nitrogen and oxygen atoms in total. The fraction of sp³-hybridized carbons (Fsp3) is 0.455. The molecule has 0 N–H and O–H groups in total. The number of carbonyl (C=O) groups is 2. The minimum absolute atomic E-state index is 0.174. The third-order valence-electron chi connectivity index (χ3n) is 5.68. The monoisotopic (exact) mass is 416 g/mol. The van der Waals surface area contributed by atoms with E-state index in [1.165, 1.54) is 33.9 Å². The number of carbonyl (C=O) groups excluding carboxylic acids is 2. The summed E-state index contributed by atoms with van der Waals surface area (Å²) in [7, 11) is 0. The summed E-state index contributed by atoms with van der Waals surface area (Å²) in [6.45, 7) is 4.45. The molecule has 0 bridgehead atoms. The molecule has 1 amide bonds. The number of rotatable bonds is 4. The fourth-order valence-electron chi connectivity index (χ4n) is 3.96. The van der Waals surface area contributed by atoms with Crippen molar-refractivity contribution in [3.05, 3.63) is 51.5 Å². The van der Waals surface area contributed by atoms with Crippen LogP contribution in [-0.4, -0.2) is 49.6 Å². The SMILES string of the molecule is CC1CCc2sc(C(=O)OCC(=O)N3CCN(c4ccc(F)cc4)CC3)cc2C1. The molecule has 2 heterocycles. The first kappa shape index (κ1) is 19.9. The van der Waals surface area contributed by atoms with E-state index in [4.69, 9.17) is 4.74 Å². The number of piperazine rings is 1. The number of amides is 1. The van der Waals surface area contributed by atoms with Crippen LogP contribution >= 0.6 is 11.3 Å². The second kappa shape index (κ2) is 8.53. The molecule has 29 heavy (non-hydrogen) atoms. The number of hydrogen-bond donors (Lipinski definition) is 0. The lowest BCUT2D eigenvalue weighted by Crippen LogP contribution is -2.49. The highest BCUT2D eigenvalue weighted by atomic mass is 32.1. The van der Waals surface area contributed by atoms with Gasteiger partial charge < -0.3 is 14.5 Å². The second-order valence-electron chi connectivity index (χ2n) is 7.83. The van der Waals surface area contributed by atoms with E-state index in [9.17, 15) is 14.0 Å². The van der Waals surface area contributed by atoms with Crippen molar-refractivity contribution >= 4 is 28.9 Å². The summed E-state index contributed by atoms with van der Waals surface area (Å²) < 4.78 is 18.4. The van der Waals surface area contributed by atoms with Crippen LogP contribution in [0.2, 0.25) is 0 Å². The van der Waals surface area contributed by atoms with Crippen LogP contribution in [0.15, 0.2) is 30.3 Å². The zero-order valence-electron chi connectivity index (χ0n) is 16.5. The van der Waals surface area contributed by atoms with Gasteiger partial charge in [0.15, 0.2) is 6.61 Å². The Kier molecular flexibility index (Phi) is 5.85. The molecular formula is C22H25FN2O3S. The molecule has 4 rings (SSSR count). The summed E-state index contributed by atoms with van der Waals surface area (Å²) in [5, 5.41) is 0. The molecule has 7 heteroatoms. The Labute approximate surface area is 174 Å². The van der Waals surface area contributed by atoms with Gasteiger partial charge in [-0.2, -0.15) is 0 Å². The Bertz CT molecular complexity index is 888. The first-order chi connectivity index (χ1) is 14.0. The highest BCUT2D eigenvalue weighted by Gasteiger charge is 2.24. The molecule has 1 aliphatic carbocycles. The number of halogens is 1. The topological polar surface area (TPSA) is 49.9 Å². The molecule has 0 spiro atoms. The smallest absolute Gasteiger partial charge is 0.348 e. The van der Waals surface area contributed by atoms with Crippen molar-refractivity contribution in [1.82, 2.24) is 4.90 Å². The Morgan fingerprint density at radius 2 is 1.90 bits per heavy atom. The van der Waals surface area contributed by atoms with Crippen LogP contribution in [0.5, 0.6) is 0 Å². The minimum atomic E-state index is -0.407. The quantitative estimate of drug-likeness (QED) is 0.716. The molecule has 1 unspecified atom stereocenters. The Morgan fingerprint density at radius 1 is 1.17 bits per heavy atom. The lowest BCUT2D eigenvalue weighted by molar-refractivity contribution is -0.134. The first-order valence-electron chi connectivity index (χ1n) is 10.1. The zero-order valence-corrected chi connectivity index (χ0v) is 17.3. The Hall–Kier alpha value is -2.41. The maximum atomic E-state index is 13.1. The van der Waals surface area contributed by atoms with Gasteiger partial charge in [-0.25, -0.2) is 9.18 Å². The van der Waals surface area contributed by atoms with E-state index in [-0.39, 0.29) is 18.3 Å². The molecule has 1 fully saturated rings. The van der Waals surface area contributed by atoms with Gasteiger partial charge in [-0.1, -0.05) is 6.92 Å². The summed E-state index contributed by atoms with van der Waals surface area (Å²) in [5.74, 6) is -0.191. The van der Waals surface area contributed by atoms with Crippen molar-refractivity contribution in [3.63, 3.8) is 0 Å². The number of aryl methyl sites for hydroxylation is 1. The Morgan fingerprint density at radius 3 is 2.62 bits per heavy atom. The van der Waals surface area contributed by atoms with Crippen LogP contribution < -0.4 is 4.90 Å². The van der Waals surface area contributed by atoms with Gasteiger partial charge in [0.25, 0.3) is 5.91 Å². The van der Waals surface area contributed by atoms with Crippen LogP contribution in [-0.2, 0) is 22.4 Å². The van der Waals surface area contributed by atoms with E-state index in [1.54, 1.807) is 17.0 Å². The molecule has 1 atom stereocenters. The van der Waals surface area contributed by atoms with E-state index in [0.717, 1.165) is 24.9 Å². The van der Waals surface area contributed by atoms with Crippen molar-refractivity contribution in [2.45, 2.75) is 26.2 Å². The Balaban J connectivity index is 1.26. The summed E-state index contributed by atoms with van der Waals surface area (Å²) in [5.41, 5.74) is 2.20. The van der Waals surface area contributed by atoms with Crippen molar-refractivity contribution < 1.29 is 18.7 Å². The molecular weight excluding hydrogens is 391 g/mol. The molecule has 1 saturated heterocycles. The first-order valence-corrected chi connectivity index (χ1v) is 10.9. The van der Waals surface area contributed by atoms with E-state index < -0.39 is 5.97 Å². The molecule has 2 aromatic rings. The largest absolute Gasteiger partial charge is 0.451 e. The van der Waals surface area contributed by atoms with Crippen molar-refractivity contribution in [2.75, 3.05) is 37.7 Å². The van der Waals surface area contributed by atoms with Crippen LogP contribution in [0.4, 0.5) is 10.1 Å². The number of fused-ring (bicyclic) bond motifs is 1. The fourth-order valence-corrected chi connectivity index (χ4v) is 5.06. The number of thiophene rings is 1. The van der Waals surface area contributed by atoms with Crippen molar-refractivity contribution in [3.8, 4) is 0 Å². The predicted molar refractivity (Wildman–Crippen MR) is 111 cm³/mol. The van der Waals surface area contributed by atoms with Gasteiger partial charge in [0, 0.05) is 36.7 Å². The van der Waals surface area contributed by atoms with Gasteiger partial charge in [0.1, 0.15) is 10.7 Å². The molecule has 1 aromatic heterocycles. The molecule has 1 aliphatic heterocycles. The average molecular weight is 417 g/mol. The van der Waals surface area contributed by atoms with E-state index in [2.05, 4.69) is 11.8 Å². The van der Waals surface area contributed by atoms with Crippen molar-refractivity contribution in [2.24, 2.45) is 5.92 Å². The number of benzene rings is 1. The number of hydrogen-bond acceptors (Lipinski definition) is 5. The molecule has 0 saturated carbocycles. The van der Waals surface area contributed by atoms with Crippen LogP contribution in [0.25, 0.3) is 0 Å². The lowest BCUT2D eigenvalue weighted by atomic mass is 9.90. The van der Waals surface area contributed by atoms with Crippen LogP contribution in [0.1, 0.15) is 33.5 Å². The maximum Gasteiger partial charge on any atom is 0.348 e. The number of anilines is 1. The molecule has 1 aromatic carbocycles. The third kappa shape index (κ3) is 4.61. The summed E-state index contributed by atoms with van der Waals surface area (Å²) in [6.07, 6.45) is 3.19. The number of nitrogens with zero attached hydrogens (tertiary/aromatic N) is 2. The highest BCUT2D eigenvalue weighted by Crippen LogP contribution is 2.32. The molecule has 0 radical (unpaired) electrons. The van der Waals surface area contributed by atoms with Gasteiger partial charge >= 0.3 is 5.97 Å². The number of esters is 1. The van der Waals surface area contributed by atoms with Gasteiger partial charge in [0.05, 0.1) is 0 Å². The number of ether oxygens (including phenoxy) is 1. The summed E-state index contributed by atoms with van der Waals surface area (Å²) >= 11 is 1.50. The maximum absolute atomic E-state index is 13.1. The minimum Gasteiger partial charge on any atom is -0.451 e. The van der Waals surface area contributed by atoms with E-state index in [0.29, 0.717) is 37.0 Å². The normalized spacial score (nSPS) is 19.0. The van der Waals surface area contributed by atoms with Crippen LogP contribution in [0.3, 0.4) is 0 Å². The summed E-state index contributed by atoms with van der Waals surface area (Å²) in [4.78, 5) is 30.5. The van der Waals surface area contributed by atoms with E-state index in [1.807, 2.05) is 6.07 Å². The van der Waals surface area contributed by atoms with Gasteiger partial charge in [-0.05, 0) is 61.1 Å². The third-order valence-corrected chi connectivity index (χ3v) is 6.90. The zero-order chi connectivity index (χ0) is 20.4. The van der Waals surface area contributed by atoms with Crippen molar-refractivity contribution in [1.29, 1.82) is 0 Å². The standard InChI is InChI=1S/C22H25FN2O3S/c1-15-2-7-19-16(12-15)13-20(29-19)22(27)28-14-21(26)25-10-8-24(9-11-25)18-5-3-17(23)4-6-18/h3-6,13,15H,2,7-12,14H2,1H3. The van der Waals surface area contributed by atoms with Gasteiger partial charge in [-0.3, -0.25) is 4.79 Å².